The lowest BCUT2D eigenvalue weighted by Crippen LogP contribution is -2.41. The fourth-order valence-electron chi connectivity index (χ4n) is 4.18. The first-order valence-corrected chi connectivity index (χ1v) is 10.6. The van der Waals surface area contributed by atoms with Gasteiger partial charge in [0.05, 0.1) is 12.8 Å². The van der Waals surface area contributed by atoms with Crippen molar-refractivity contribution in [2.75, 3.05) is 36.6 Å². The smallest absolute Gasteiger partial charge is 0.263 e. The number of amides is 1. The maximum Gasteiger partial charge on any atom is 0.263 e. The molecule has 2 aliphatic heterocycles. The number of anilines is 2. The highest BCUT2D eigenvalue weighted by molar-refractivity contribution is 7.80. The number of aliphatic hydroxyl groups is 1. The Hall–Kier alpha value is -2.64. The molecule has 2 aromatic rings. The molecule has 2 aliphatic rings. The topological polar surface area (TPSA) is 65.0 Å². The van der Waals surface area contributed by atoms with E-state index in [0.29, 0.717) is 16.7 Å². The molecule has 7 heteroatoms. The fourth-order valence-corrected chi connectivity index (χ4v) is 4.57. The molecule has 1 atom stereocenters. The minimum absolute atomic E-state index is 0.103. The molecule has 0 saturated carbocycles. The number of carbonyl (C=O) groups is 1. The van der Waals surface area contributed by atoms with Gasteiger partial charge in [0.1, 0.15) is 11.3 Å². The summed E-state index contributed by atoms with van der Waals surface area (Å²) in [7, 11) is 1.61. The van der Waals surface area contributed by atoms with E-state index < -0.39 is 5.54 Å². The van der Waals surface area contributed by atoms with Gasteiger partial charge in [-0.05, 0) is 79.9 Å². The van der Waals surface area contributed by atoms with E-state index in [1.807, 2.05) is 43.3 Å². The highest BCUT2D eigenvalue weighted by Crippen LogP contribution is 2.34. The van der Waals surface area contributed by atoms with Crippen LogP contribution in [0.15, 0.2) is 48.5 Å². The molecule has 2 aromatic carbocycles. The van der Waals surface area contributed by atoms with Crippen LogP contribution in [0.4, 0.5) is 11.4 Å². The lowest BCUT2D eigenvalue weighted by Gasteiger charge is -2.33. The summed E-state index contributed by atoms with van der Waals surface area (Å²) in [6.07, 6.45) is 2.00. The van der Waals surface area contributed by atoms with Crippen LogP contribution in [0, 0.1) is 5.92 Å². The second-order valence-electron chi connectivity index (χ2n) is 8.05. The maximum absolute atomic E-state index is 13.4. The Kier molecular flexibility index (Phi) is 5.66. The van der Waals surface area contributed by atoms with Crippen LogP contribution >= 0.6 is 12.2 Å². The molecule has 0 spiro atoms. The zero-order chi connectivity index (χ0) is 21.3. The lowest BCUT2D eigenvalue weighted by molar-refractivity contribution is -0.121. The number of nitrogens with zero attached hydrogens (tertiary/aromatic N) is 2. The van der Waals surface area contributed by atoms with E-state index in [2.05, 4.69) is 22.3 Å². The molecule has 2 fully saturated rings. The van der Waals surface area contributed by atoms with Crippen molar-refractivity contribution in [1.82, 2.24) is 5.32 Å². The molecule has 0 aromatic heterocycles. The van der Waals surface area contributed by atoms with Gasteiger partial charge in [0, 0.05) is 25.4 Å². The highest BCUT2D eigenvalue weighted by atomic mass is 32.1. The molecule has 0 bridgehead atoms. The zero-order valence-corrected chi connectivity index (χ0v) is 18.1. The van der Waals surface area contributed by atoms with Crippen LogP contribution in [0.5, 0.6) is 5.75 Å². The van der Waals surface area contributed by atoms with Crippen LogP contribution < -0.4 is 19.9 Å². The van der Waals surface area contributed by atoms with Gasteiger partial charge in [0.25, 0.3) is 5.91 Å². The summed E-state index contributed by atoms with van der Waals surface area (Å²) in [5.41, 5.74) is 1.81. The van der Waals surface area contributed by atoms with Crippen molar-refractivity contribution in [3.63, 3.8) is 0 Å². The summed E-state index contributed by atoms with van der Waals surface area (Å²) in [6, 6.07) is 15.4. The predicted octanol–water partition coefficient (Wildman–Crippen LogP) is 3.04. The van der Waals surface area contributed by atoms with Crippen molar-refractivity contribution in [3.8, 4) is 5.75 Å². The van der Waals surface area contributed by atoms with Crippen LogP contribution in [-0.4, -0.2) is 42.9 Å². The Morgan fingerprint density at radius 3 is 2.27 bits per heavy atom. The summed E-state index contributed by atoms with van der Waals surface area (Å²) < 4.78 is 5.20. The van der Waals surface area contributed by atoms with Gasteiger partial charge in [-0.25, -0.2) is 0 Å². The first kappa shape index (κ1) is 20.6. The van der Waals surface area contributed by atoms with E-state index in [-0.39, 0.29) is 12.5 Å². The van der Waals surface area contributed by atoms with E-state index in [9.17, 15) is 9.90 Å². The number of hydrogen-bond donors (Lipinski definition) is 2. The largest absolute Gasteiger partial charge is 0.497 e. The molecule has 2 N–H and O–H groups in total. The van der Waals surface area contributed by atoms with Gasteiger partial charge < -0.3 is 20.1 Å². The van der Waals surface area contributed by atoms with Crippen LogP contribution in [0.25, 0.3) is 0 Å². The quantitative estimate of drug-likeness (QED) is 0.718. The van der Waals surface area contributed by atoms with Gasteiger partial charge in [-0.15, -0.1) is 0 Å². The third-order valence-corrected chi connectivity index (χ3v) is 6.49. The van der Waals surface area contributed by atoms with Gasteiger partial charge >= 0.3 is 0 Å². The van der Waals surface area contributed by atoms with Gasteiger partial charge in [0.15, 0.2) is 5.11 Å². The zero-order valence-electron chi connectivity index (χ0n) is 17.3. The number of hydrogen-bond acceptors (Lipinski definition) is 5. The first-order chi connectivity index (χ1) is 14.5. The number of methoxy groups -OCH3 is 1. The normalized spacial score (nSPS) is 22.4. The number of piperidine rings is 1. The van der Waals surface area contributed by atoms with Crippen LogP contribution in [-0.2, 0) is 10.3 Å². The summed E-state index contributed by atoms with van der Waals surface area (Å²) in [5, 5.41) is 12.9. The number of thiocarbonyl (C=S) groups is 1. The second kappa shape index (κ2) is 8.24. The van der Waals surface area contributed by atoms with E-state index in [1.54, 1.807) is 12.0 Å². The van der Waals surface area contributed by atoms with Crippen LogP contribution in [0.1, 0.15) is 25.3 Å². The van der Waals surface area contributed by atoms with Gasteiger partial charge in [-0.1, -0.05) is 12.1 Å². The molecule has 0 aliphatic carbocycles. The Balaban J connectivity index is 1.53. The van der Waals surface area contributed by atoms with E-state index >= 15 is 0 Å². The third kappa shape index (κ3) is 3.63. The molecule has 2 saturated heterocycles. The van der Waals surface area contributed by atoms with Crippen molar-refractivity contribution < 1.29 is 14.6 Å². The molecule has 1 unspecified atom stereocenters. The van der Waals surface area contributed by atoms with Crippen molar-refractivity contribution in [2.45, 2.75) is 25.3 Å². The molecule has 1 amide bonds. The van der Waals surface area contributed by atoms with E-state index in [1.165, 1.54) is 0 Å². The van der Waals surface area contributed by atoms with Crippen LogP contribution in [0.3, 0.4) is 0 Å². The summed E-state index contributed by atoms with van der Waals surface area (Å²) in [5.74, 6) is 1.03. The van der Waals surface area contributed by atoms with Crippen molar-refractivity contribution in [2.24, 2.45) is 5.92 Å². The number of aliphatic hydroxyl groups excluding tert-OH is 1. The standard InChI is InChI=1S/C23H27N3O3S/c1-23(17-3-5-18(6-4-17)25-13-11-16(15-27)12-14-25)21(28)26(22(30)24-23)19-7-9-20(29-2)10-8-19/h3-10,16,27H,11-15H2,1-2H3,(H,24,30). The Morgan fingerprint density at radius 2 is 1.70 bits per heavy atom. The Morgan fingerprint density at radius 1 is 1.10 bits per heavy atom. The first-order valence-electron chi connectivity index (χ1n) is 10.2. The number of ether oxygens (including phenoxy) is 1. The number of carbonyl (C=O) groups excluding carboxylic acids is 1. The minimum Gasteiger partial charge on any atom is -0.497 e. The molecule has 158 valence electrons. The van der Waals surface area contributed by atoms with Gasteiger partial charge in [0.2, 0.25) is 0 Å². The lowest BCUT2D eigenvalue weighted by atomic mass is 9.91. The molecular weight excluding hydrogens is 398 g/mol. The van der Waals surface area contributed by atoms with Crippen LogP contribution in [0.2, 0.25) is 0 Å². The van der Waals surface area contributed by atoms with Crippen molar-refractivity contribution >= 4 is 34.6 Å². The van der Waals surface area contributed by atoms with E-state index in [4.69, 9.17) is 17.0 Å². The molecule has 4 rings (SSSR count). The molecule has 30 heavy (non-hydrogen) atoms. The number of rotatable bonds is 5. The molecular formula is C23H27N3O3S. The van der Waals surface area contributed by atoms with Crippen molar-refractivity contribution in [3.05, 3.63) is 54.1 Å². The van der Waals surface area contributed by atoms with E-state index in [0.717, 1.165) is 42.9 Å². The Labute approximate surface area is 182 Å². The minimum atomic E-state index is -0.917. The molecule has 2 heterocycles. The average Bonchev–Trinajstić information content (AvgIpc) is 3.03. The summed E-state index contributed by atoms with van der Waals surface area (Å²) in [6.45, 7) is 4.01. The van der Waals surface area contributed by atoms with Gasteiger partial charge in [-0.2, -0.15) is 0 Å². The summed E-state index contributed by atoms with van der Waals surface area (Å²) in [4.78, 5) is 17.2. The number of benzene rings is 2. The fraction of sp³-hybridized carbons (Fsp3) is 0.391. The third-order valence-electron chi connectivity index (χ3n) is 6.20. The average molecular weight is 426 g/mol. The molecule has 0 radical (unpaired) electrons. The monoisotopic (exact) mass is 425 g/mol. The summed E-state index contributed by atoms with van der Waals surface area (Å²) >= 11 is 5.49. The second-order valence-corrected chi connectivity index (χ2v) is 8.44. The molecule has 6 nitrogen and oxygen atoms in total. The van der Waals surface area contributed by atoms with Gasteiger partial charge in [-0.3, -0.25) is 9.69 Å². The number of nitrogens with one attached hydrogen (secondary N) is 1. The maximum atomic E-state index is 13.4. The SMILES string of the molecule is COc1ccc(N2C(=O)C(C)(c3ccc(N4CCC(CO)CC4)cc3)NC2=S)cc1. The Bertz CT molecular complexity index is 924. The van der Waals surface area contributed by atoms with Crippen molar-refractivity contribution in [1.29, 1.82) is 0 Å². The predicted molar refractivity (Wildman–Crippen MR) is 122 cm³/mol. The highest BCUT2D eigenvalue weighted by Gasteiger charge is 2.47.